The molecule has 3 aromatic carbocycles. The van der Waals surface area contributed by atoms with E-state index in [1.165, 1.54) is 7.11 Å². The molecule has 6 heteroatoms. The average Bonchev–Trinajstić information content (AvgIpc) is 2.74. The summed E-state index contributed by atoms with van der Waals surface area (Å²) in [5.74, 6) is 0.690. The van der Waals surface area contributed by atoms with E-state index in [4.69, 9.17) is 9.47 Å². The van der Waals surface area contributed by atoms with Crippen LogP contribution in [0.2, 0.25) is 0 Å². The molecule has 1 aliphatic heterocycles. The van der Waals surface area contributed by atoms with Gasteiger partial charge in [0.2, 0.25) is 0 Å². The molecule has 0 spiro atoms. The number of benzene rings is 3. The molecule has 3 aromatic rings. The Bertz CT molecular complexity index is 1030. The first-order valence-electron chi connectivity index (χ1n) is 8.83. The van der Waals surface area contributed by atoms with Crippen LogP contribution in [0.4, 0.5) is 11.4 Å². The van der Waals surface area contributed by atoms with Gasteiger partial charge in [0, 0.05) is 11.3 Å². The molecular weight excluding hydrogens is 356 g/mol. The number of ether oxygens (including phenoxy) is 2. The van der Waals surface area contributed by atoms with Crippen LogP contribution >= 0.6 is 0 Å². The molecule has 0 aromatic heterocycles. The SMILES string of the molecule is COc1ccccc1N1C(=O)c2ccccc2N[C@H]1c1cccc(OC)c1O. The number of para-hydroxylation sites is 4. The van der Waals surface area contributed by atoms with Crippen molar-refractivity contribution in [1.82, 2.24) is 0 Å². The van der Waals surface area contributed by atoms with Gasteiger partial charge >= 0.3 is 0 Å². The number of aromatic hydroxyl groups is 1. The zero-order valence-electron chi connectivity index (χ0n) is 15.5. The number of rotatable bonds is 4. The molecular formula is C22H20N2O4. The summed E-state index contributed by atoms with van der Waals surface area (Å²) in [4.78, 5) is 15.0. The molecule has 28 heavy (non-hydrogen) atoms. The lowest BCUT2D eigenvalue weighted by atomic mass is 10.0. The van der Waals surface area contributed by atoms with Gasteiger partial charge in [-0.15, -0.1) is 0 Å². The number of nitrogens with zero attached hydrogens (tertiary/aromatic N) is 1. The summed E-state index contributed by atoms with van der Waals surface area (Å²) in [6.45, 7) is 0. The van der Waals surface area contributed by atoms with E-state index in [9.17, 15) is 9.90 Å². The minimum Gasteiger partial charge on any atom is -0.504 e. The molecule has 1 aliphatic rings. The number of hydrogen-bond donors (Lipinski definition) is 2. The van der Waals surface area contributed by atoms with Gasteiger partial charge in [0.15, 0.2) is 11.5 Å². The van der Waals surface area contributed by atoms with Crippen LogP contribution in [-0.2, 0) is 0 Å². The predicted octanol–water partition coefficient (Wildman–Crippen LogP) is 4.18. The number of amides is 1. The van der Waals surface area contributed by atoms with Gasteiger partial charge in [-0.05, 0) is 30.3 Å². The fraction of sp³-hybridized carbons (Fsp3) is 0.136. The summed E-state index contributed by atoms with van der Waals surface area (Å²) in [5.41, 5.74) is 2.37. The Hall–Kier alpha value is -3.67. The Morgan fingerprint density at radius 1 is 0.893 bits per heavy atom. The predicted molar refractivity (Wildman–Crippen MR) is 107 cm³/mol. The summed E-state index contributed by atoms with van der Waals surface area (Å²) in [6.07, 6.45) is -0.645. The normalized spacial score (nSPS) is 15.6. The lowest BCUT2D eigenvalue weighted by Crippen LogP contribution is -2.43. The number of phenols is 1. The standard InChI is InChI=1S/C22H20N2O4/c1-27-18-12-6-5-11-17(18)24-21(15-9-7-13-19(28-2)20(15)25)23-16-10-4-3-8-14(16)22(24)26/h3-13,21,23,25H,1-2H3/t21-/m1/s1. The summed E-state index contributed by atoms with van der Waals surface area (Å²) < 4.78 is 10.7. The van der Waals surface area contributed by atoms with Crippen LogP contribution < -0.4 is 19.7 Å². The van der Waals surface area contributed by atoms with Crippen LogP contribution in [0.25, 0.3) is 0 Å². The smallest absolute Gasteiger partial charge is 0.262 e. The third kappa shape index (κ3) is 2.79. The van der Waals surface area contributed by atoms with E-state index in [0.29, 0.717) is 34.0 Å². The molecule has 0 fully saturated rings. The van der Waals surface area contributed by atoms with E-state index in [1.54, 1.807) is 42.3 Å². The van der Waals surface area contributed by atoms with Crippen molar-refractivity contribution in [2.24, 2.45) is 0 Å². The maximum atomic E-state index is 13.5. The van der Waals surface area contributed by atoms with Gasteiger partial charge in [-0.2, -0.15) is 0 Å². The van der Waals surface area contributed by atoms with Crippen LogP contribution in [0.1, 0.15) is 22.1 Å². The van der Waals surface area contributed by atoms with Gasteiger partial charge in [-0.3, -0.25) is 9.69 Å². The first-order valence-corrected chi connectivity index (χ1v) is 8.83. The molecule has 1 amide bonds. The molecule has 6 nitrogen and oxygen atoms in total. The summed E-state index contributed by atoms with van der Waals surface area (Å²) in [5, 5.41) is 14.1. The Kier molecular flexibility index (Phi) is 4.53. The number of fused-ring (bicyclic) bond motifs is 1. The molecule has 0 aliphatic carbocycles. The molecule has 0 radical (unpaired) electrons. The summed E-state index contributed by atoms with van der Waals surface area (Å²) in [6, 6.07) is 19.8. The largest absolute Gasteiger partial charge is 0.504 e. The van der Waals surface area contributed by atoms with E-state index in [0.717, 1.165) is 0 Å². The van der Waals surface area contributed by atoms with Gasteiger partial charge in [-0.25, -0.2) is 0 Å². The van der Waals surface area contributed by atoms with Crippen LogP contribution in [0.5, 0.6) is 17.2 Å². The van der Waals surface area contributed by atoms with Crippen LogP contribution in [0, 0.1) is 0 Å². The Morgan fingerprint density at radius 3 is 2.36 bits per heavy atom. The summed E-state index contributed by atoms with van der Waals surface area (Å²) >= 11 is 0. The second kappa shape index (κ2) is 7.15. The van der Waals surface area contributed by atoms with Crippen molar-refractivity contribution in [3.05, 3.63) is 77.9 Å². The number of nitrogens with one attached hydrogen (secondary N) is 1. The van der Waals surface area contributed by atoms with Gasteiger partial charge < -0.3 is 19.9 Å². The van der Waals surface area contributed by atoms with Gasteiger partial charge in [0.25, 0.3) is 5.91 Å². The third-order valence-corrected chi connectivity index (χ3v) is 4.82. The van der Waals surface area contributed by atoms with Gasteiger partial charge in [-0.1, -0.05) is 36.4 Å². The summed E-state index contributed by atoms with van der Waals surface area (Å²) in [7, 11) is 3.05. The van der Waals surface area contributed by atoms with Crippen molar-refractivity contribution in [1.29, 1.82) is 0 Å². The van der Waals surface area contributed by atoms with Crippen molar-refractivity contribution in [2.45, 2.75) is 6.17 Å². The highest BCUT2D eigenvalue weighted by molar-refractivity contribution is 6.12. The molecule has 1 heterocycles. The minimum atomic E-state index is -0.645. The van der Waals surface area contributed by atoms with Gasteiger partial charge in [0.1, 0.15) is 11.9 Å². The van der Waals surface area contributed by atoms with Crippen molar-refractivity contribution in [3.63, 3.8) is 0 Å². The highest BCUT2D eigenvalue weighted by atomic mass is 16.5. The lowest BCUT2D eigenvalue weighted by Gasteiger charge is -2.38. The van der Waals surface area contributed by atoms with Crippen LogP contribution in [-0.4, -0.2) is 25.2 Å². The van der Waals surface area contributed by atoms with Crippen molar-refractivity contribution in [2.75, 3.05) is 24.4 Å². The van der Waals surface area contributed by atoms with Crippen molar-refractivity contribution in [3.8, 4) is 17.2 Å². The van der Waals surface area contributed by atoms with Gasteiger partial charge in [0.05, 0.1) is 25.5 Å². The van der Waals surface area contributed by atoms with E-state index in [2.05, 4.69) is 5.32 Å². The second-order valence-electron chi connectivity index (χ2n) is 6.34. The highest BCUT2D eigenvalue weighted by Crippen LogP contribution is 2.44. The number of phenolic OH excluding ortho intramolecular Hbond substituents is 1. The second-order valence-corrected chi connectivity index (χ2v) is 6.34. The average molecular weight is 376 g/mol. The van der Waals surface area contributed by atoms with E-state index >= 15 is 0 Å². The van der Waals surface area contributed by atoms with E-state index in [1.807, 2.05) is 36.4 Å². The quantitative estimate of drug-likeness (QED) is 0.715. The molecule has 0 bridgehead atoms. The van der Waals surface area contributed by atoms with Crippen LogP contribution in [0.15, 0.2) is 66.7 Å². The maximum absolute atomic E-state index is 13.5. The lowest BCUT2D eigenvalue weighted by molar-refractivity contribution is 0.0974. The Labute approximate surface area is 162 Å². The molecule has 4 rings (SSSR count). The zero-order chi connectivity index (χ0) is 19.7. The fourth-order valence-electron chi connectivity index (χ4n) is 3.47. The molecule has 0 saturated heterocycles. The number of carbonyl (C=O) groups is 1. The van der Waals surface area contributed by atoms with E-state index in [-0.39, 0.29) is 11.7 Å². The molecule has 142 valence electrons. The number of carbonyl (C=O) groups excluding carboxylic acids is 1. The molecule has 0 saturated carbocycles. The van der Waals surface area contributed by atoms with Crippen LogP contribution in [0.3, 0.4) is 0 Å². The first-order chi connectivity index (χ1) is 13.7. The first kappa shape index (κ1) is 17.7. The fourth-order valence-corrected chi connectivity index (χ4v) is 3.47. The number of hydrogen-bond acceptors (Lipinski definition) is 5. The molecule has 1 atom stereocenters. The number of anilines is 2. The number of methoxy groups -OCH3 is 2. The zero-order valence-corrected chi connectivity index (χ0v) is 15.5. The monoisotopic (exact) mass is 376 g/mol. The third-order valence-electron chi connectivity index (χ3n) is 4.82. The molecule has 0 unspecified atom stereocenters. The topological polar surface area (TPSA) is 71.0 Å². The Morgan fingerprint density at radius 2 is 1.57 bits per heavy atom. The van der Waals surface area contributed by atoms with Crippen molar-refractivity contribution >= 4 is 17.3 Å². The van der Waals surface area contributed by atoms with Crippen molar-refractivity contribution < 1.29 is 19.4 Å². The molecule has 2 N–H and O–H groups in total. The maximum Gasteiger partial charge on any atom is 0.262 e. The Balaban J connectivity index is 1.93. The highest BCUT2D eigenvalue weighted by Gasteiger charge is 2.37. The van der Waals surface area contributed by atoms with E-state index < -0.39 is 6.17 Å². The minimum absolute atomic E-state index is 0.0189.